The first-order valence-electron chi connectivity index (χ1n) is 8.75. The van der Waals surface area contributed by atoms with Gasteiger partial charge < -0.3 is 10.2 Å². The predicted molar refractivity (Wildman–Crippen MR) is 104 cm³/mol. The third-order valence-corrected chi connectivity index (χ3v) is 6.75. The van der Waals surface area contributed by atoms with Gasteiger partial charge in [0.25, 0.3) is 0 Å². The van der Waals surface area contributed by atoms with Crippen molar-refractivity contribution in [3.05, 3.63) is 29.8 Å². The Hall–Kier alpha value is -1.49. The Bertz CT molecular complexity index is 719. The van der Waals surface area contributed by atoms with E-state index in [9.17, 15) is 32.2 Å². The number of benzene rings is 1. The van der Waals surface area contributed by atoms with Gasteiger partial charge in [0.1, 0.15) is 21.6 Å². The summed E-state index contributed by atoms with van der Waals surface area (Å²) >= 11 is -2.51. The number of rotatable bonds is 13. The monoisotopic (exact) mass is 421 g/mol. The van der Waals surface area contributed by atoms with Crippen LogP contribution in [0.5, 0.6) is 5.75 Å². The molecule has 1 aromatic rings. The molecule has 0 aliphatic heterocycles. The molecule has 0 bridgehead atoms. The van der Waals surface area contributed by atoms with Gasteiger partial charge in [0.05, 0.1) is 11.5 Å². The first kappa shape index (κ1) is 23.5. The molecule has 1 rings (SSSR count). The van der Waals surface area contributed by atoms with Crippen LogP contribution in [0.3, 0.4) is 0 Å². The number of aromatic hydroxyl groups is 1. The highest BCUT2D eigenvalue weighted by atomic mass is 32.2. The van der Waals surface area contributed by atoms with Crippen molar-refractivity contribution in [1.29, 1.82) is 0 Å². The van der Waals surface area contributed by atoms with E-state index in [4.69, 9.17) is 0 Å². The van der Waals surface area contributed by atoms with Crippen molar-refractivity contribution in [1.82, 2.24) is 4.31 Å². The summed E-state index contributed by atoms with van der Waals surface area (Å²) in [4.78, 5) is 11.6. The van der Waals surface area contributed by atoms with E-state index in [0.717, 1.165) is 10.7 Å². The molecule has 0 amide bonds. The van der Waals surface area contributed by atoms with E-state index in [1.165, 1.54) is 12.1 Å². The van der Waals surface area contributed by atoms with E-state index in [1.54, 1.807) is 12.1 Å². The first-order chi connectivity index (χ1) is 12.7. The summed E-state index contributed by atoms with van der Waals surface area (Å²) in [7, 11) is -3.15. The Morgan fingerprint density at radius 1 is 1.15 bits per heavy atom. The zero-order chi connectivity index (χ0) is 20.4. The number of carbonyl (C=O) groups is 1. The number of hydrogen-bond donors (Lipinski definition) is 3. The summed E-state index contributed by atoms with van der Waals surface area (Å²) in [5, 5.41) is 18.8. The Balaban J connectivity index is 2.69. The molecule has 0 aliphatic carbocycles. The molecule has 0 spiro atoms. The van der Waals surface area contributed by atoms with Crippen LogP contribution in [-0.2, 0) is 32.3 Å². The SMILES string of the molecule is CCCCS(=O)(=O)CCCCN([C@@H](Cc1ccc(O)cc1)C(=O)O)S(=O)O. The van der Waals surface area contributed by atoms with Crippen molar-refractivity contribution >= 4 is 27.1 Å². The summed E-state index contributed by atoms with van der Waals surface area (Å²) in [6.45, 7) is 1.89. The molecular formula is C17H27NO7S2. The van der Waals surface area contributed by atoms with Crippen molar-refractivity contribution in [3.63, 3.8) is 0 Å². The maximum absolute atomic E-state index is 11.8. The number of hydrogen-bond acceptors (Lipinski definition) is 5. The highest BCUT2D eigenvalue weighted by Gasteiger charge is 2.29. The molecule has 0 radical (unpaired) electrons. The molecular weight excluding hydrogens is 394 g/mol. The Kier molecular flexibility index (Phi) is 9.92. The number of sulfone groups is 1. The van der Waals surface area contributed by atoms with Gasteiger partial charge in [0.15, 0.2) is 0 Å². The molecule has 2 atom stereocenters. The smallest absolute Gasteiger partial charge is 0.322 e. The summed E-state index contributed by atoms with van der Waals surface area (Å²) < 4.78 is 45.8. The van der Waals surface area contributed by atoms with Crippen LogP contribution in [0.15, 0.2) is 24.3 Å². The Morgan fingerprint density at radius 3 is 2.26 bits per heavy atom. The van der Waals surface area contributed by atoms with Gasteiger partial charge in [-0.25, -0.2) is 12.6 Å². The summed E-state index contributed by atoms with van der Waals surface area (Å²) in [5.41, 5.74) is 0.595. The molecule has 0 aliphatic rings. The number of phenols is 1. The maximum atomic E-state index is 11.8. The van der Waals surface area contributed by atoms with Crippen LogP contribution in [0, 0.1) is 0 Å². The minimum atomic E-state index is -3.15. The lowest BCUT2D eigenvalue weighted by Gasteiger charge is -2.25. The second kappa shape index (κ2) is 11.4. The van der Waals surface area contributed by atoms with Gasteiger partial charge in [0, 0.05) is 6.54 Å². The van der Waals surface area contributed by atoms with Gasteiger partial charge in [-0.1, -0.05) is 25.5 Å². The molecule has 27 heavy (non-hydrogen) atoms. The van der Waals surface area contributed by atoms with Crippen molar-refractivity contribution in [2.24, 2.45) is 0 Å². The van der Waals surface area contributed by atoms with Crippen molar-refractivity contribution in [3.8, 4) is 5.75 Å². The second-order valence-electron chi connectivity index (χ2n) is 6.31. The molecule has 0 fully saturated rings. The molecule has 3 N–H and O–H groups in total. The Morgan fingerprint density at radius 2 is 1.74 bits per heavy atom. The quantitative estimate of drug-likeness (QED) is 0.327. The lowest BCUT2D eigenvalue weighted by atomic mass is 10.1. The first-order valence-corrected chi connectivity index (χ1v) is 11.6. The van der Waals surface area contributed by atoms with Gasteiger partial charge in [-0.2, -0.15) is 4.31 Å². The summed E-state index contributed by atoms with van der Waals surface area (Å²) in [6, 6.07) is 4.68. The van der Waals surface area contributed by atoms with Gasteiger partial charge >= 0.3 is 5.97 Å². The third-order valence-electron chi connectivity index (χ3n) is 4.09. The van der Waals surface area contributed by atoms with Gasteiger partial charge in [-0.3, -0.25) is 9.35 Å². The van der Waals surface area contributed by atoms with Crippen LogP contribution in [0.2, 0.25) is 0 Å². The standard InChI is InChI=1S/C17H27NO7S2/c1-2-3-11-27(24,25)12-5-4-10-18(26(22)23)16(17(20)21)13-14-6-8-15(19)9-7-14/h6-9,16,19H,2-5,10-13H2,1H3,(H,20,21)(H,22,23)/t16-/m0/s1. The average Bonchev–Trinajstić information content (AvgIpc) is 2.59. The fourth-order valence-corrected chi connectivity index (χ4v) is 4.81. The lowest BCUT2D eigenvalue weighted by Crippen LogP contribution is -2.44. The van der Waals surface area contributed by atoms with Gasteiger partial charge in [0.2, 0.25) is 11.3 Å². The third kappa shape index (κ3) is 8.83. The van der Waals surface area contributed by atoms with Crippen molar-refractivity contribution in [2.75, 3.05) is 18.1 Å². The Labute approximate surface area is 162 Å². The molecule has 1 aromatic carbocycles. The number of carboxylic acids is 1. The van der Waals surface area contributed by atoms with Crippen LogP contribution in [0.25, 0.3) is 0 Å². The molecule has 8 nitrogen and oxygen atoms in total. The molecule has 0 heterocycles. The molecule has 10 heteroatoms. The highest BCUT2D eigenvalue weighted by Crippen LogP contribution is 2.16. The fraction of sp³-hybridized carbons (Fsp3) is 0.588. The zero-order valence-corrected chi connectivity index (χ0v) is 16.9. The van der Waals surface area contributed by atoms with E-state index < -0.39 is 33.1 Å². The van der Waals surface area contributed by atoms with Crippen LogP contribution in [-0.4, -0.2) is 61.8 Å². The minimum Gasteiger partial charge on any atom is -0.508 e. The van der Waals surface area contributed by atoms with E-state index in [1.807, 2.05) is 6.92 Å². The predicted octanol–water partition coefficient (Wildman–Crippen LogP) is 1.82. The minimum absolute atomic E-state index is 0.0124. The highest BCUT2D eigenvalue weighted by molar-refractivity contribution is 7.91. The van der Waals surface area contributed by atoms with Crippen LogP contribution in [0.1, 0.15) is 38.2 Å². The number of phenolic OH excluding ortho intramolecular Hbond substituents is 1. The molecule has 1 unspecified atom stereocenters. The fourth-order valence-electron chi connectivity index (χ4n) is 2.57. The number of nitrogens with zero attached hydrogens (tertiary/aromatic N) is 1. The van der Waals surface area contributed by atoms with Crippen LogP contribution in [0.4, 0.5) is 0 Å². The number of unbranched alkanes of at least 4 members (excludes halogenated alkanes) is 2. The number of aliphatic carboxylic acids is 1. The molecule has 0 aromatic heterocycles. The maximum Gasteiger partial charge on any atom is 0.322 e. The second-order valence-corrected chi connectivity index (χ2v) is 9.54. The molecule has 0 saturated heterocycles. The van der Waals surface area contributed by atoms with E-state index in [-0.39, 0.29) is 36.6 Å². The molecule has 154 valence electrons. The number of carboxylic acid groups (broad SMARTS) is 1. The normalized spacial score (nSPS) is 14.2. The van der Waals surface area contributed by atoms with Gasteiger partial charge in [-0.05, 0) is 43.4 Å². The van der Waals surface area contributed by atoms with E-state index >= 15 is 0 Å². The topological polar surface area (TPSA) is 132 Å². The van der Waals surface area contributed by atoms with Crippen LogP contribution >= 0.6 is 0 Å². The largest absolute Gasteiger partial charge is 0.508 e. The lowest BCUT2D eigenvalue weighted by molar-refractivity contribution is -0.141. The van der Waals surface area contributed by atoms with Gasteiger partial charge in [-0.15, -0.1) is 0 Å². The zero-order valence-electron chi connectivity index (χ0n) is 15.3. The van der Waals surface area contributed by atoms with Crippen molar-refractivity contribution < 1.29 is 32.2 Å². The summed E-state index contributed by atoms with van der Waals surface area (Å²) in [5.74, 6) is -1.11. The molecule has 0 saturated carbocycles. The summed E-state index contributed by atoms with van der Waals surface area (Å²) in [6.07, 6.45) is 1.95. The van der Waals surface area contributed by atoms with Crippen molar-refractivity contribution in [2.45, 2.75) is 45.1 Å². The van der Waals surface area contributed by atoms with E-state index in [0.29, 0.717) is 18.4 Å². The van der Waals surface area contributed by atoms with E-state index in [2.05, 4.69) is 0 Å². The van der Waals surface area contributed by atoms with Crippen LogP contribution < -0.4 is 0 Å². The average molecular weight is 422 g/mol.